The summed E-state index contributed by atoms with van der Waals surface area (Å²) >= 11 is 0. The molecule has 0 amide bonds. The molecule has 0 fully saturated rings. The Morgan fingerprint density at radius 2 is 0.548 bits per heavy atom. The number of fused-ring (bicyclic) bond motifs is 10. The van der Waals surface area contributed by atoms with Crippen molar-refractivity contribution in [2.45, 2.75) is 0 Å². The maximum Gasteiger partial charge on any atom is 0.238 e. The van der Waals surface area contributed by atoms with Gasteiger partial charge in [-0.25, -0.2) is 9.97 Å². The Hall–Kier alpha value is -15.7. The van der Waals surface area contributed by atoms with Gasteiger partial charge in [0.25, 0.3) is 0 Å². The van der Waals surface area contributed by atoms with E-state index in [4.69, 9.17) is 34.3 Å². The van der Waals surface area contributed by atoms with E-state index in [9.17, 15) is 0 Å². The molecule has 0 N–H and O–H groups in total. The van der Waals surface area contributed by atoms with Crippen molar-refractivity contribution in [2.75, 3.05) is 0 Å². The third-order valence-electron chi connectivity index (χ3n) is 23.3. The number of furan rings is 1. The van der Waals surface area contributed by atoms with Gasteiger partial charge in [0.15, 0.2) is 23.3 Å². The van der Waals surface area contributed by atoms with Crippen LogP contribution in [0, 0.1) is 0 Å². The minimum absolute atomic E-state index is 0.582. The minimum atomic E-state index is 0.582. The molecule has 0 radical (unpaired) electrons. The topological polar surface area (TPSA) is 110 Å². The smallest absolute Gasteiger partial charge is 0.238 e. The first-order valence-electron chi connectivity index (χ1n) is 38.8. The molecule has 0 aliphatic heterocycles. The summed E-state index contributed by atoms with van der Waals surface area (Å²) in [7, 11) is 0. The molecule has 534 valence electrons. The van der Waals surface area contributed by atoms with Crippen molar-refractivity contribution < 1.29 is 4.42 Å². The lowest BCUT2D eigenvalue weighted by Gasteiger charge is -2.12. The highest BCUT2D eigenvalue weighted by Gasteiger charge is 2.26. The molecule has 7 heterocycles. The van der Waals surface area contributed by atoms with Gasteiger partial charge < -0.3 is 13.6 Å². The molecule has 0 aliphatic carbocycles. The van der Waals surface area contributed by atoms with Gasteiger partial charge in [0.1, 0.15) is 11.2 Å². The molecule has 0 spiro atoms. The maximum absolute atomic E-state index is 6.21. The van der Waals surface area contributed by atoms with Gasteiger partial charge in [-0.05, 0) is 152 Å². The van der Waals surface area contributed by atoms with E-state index in [1.54, 1.807) is 0 Å². The van der Waals surface area contributed by atoms with Crippen LogP contribution in [0.4, 0.5) is 0 Å². The largest absolute Gasteiger partial charge is 0.456 e. The van der Waals surface area contributed by atoms with Gasteiger partial charge in [-0.3, -0.25) is 9.13 Å². The van der Waals surface area contributed by atoms with E-state index in [2.05, 4.69) is 261 Å². The summed E-state index contributed by atoms with van der Waals surface area (Å²) in [4.78, 5) is 30.4. The van der Waals surface area contributed by atoms with Crippen LogP contribution < -0.4 is 0 Å². The van der Waals surface area contributed by atoms with E-state index in [0.29, 0.717) is 35.2 Å². The van der Waals surface area contributed by atoms with Crippen molar-refractivity contribution >= 4 is 141 Å². The fourth-order valence-corrected chi connectivity index (χ4v) is 18.1. The highest BCUT2D eigenvalue weighted by molar-refractivity contribution is 6.29. The highest BCUT2D eigenvalue weighted by Crippen LogP contribution is 2.48. The van der Waals surface area contributed by atoms with Crippen molar-refractivity contribution in [2.24, 2.45) is 0 Å². The molecule has 0 saturated carbocycles. The van der Waals surface area contributed by atoms with Crippen LogP contribution >= 0.6 is 0 Å². The Morgan fingerprint density at radius 3 is 1.04 bits per heavy atom. The van der Waals surface area contributed by atoms with Crippen LogP contribution in [-0.4, -0.2) is 48.2 Å². The van der Waals surface area contributed by atoms with E-state index < -0.39 is 0 Å². The molecular weight excluding hydrogens is 1410 g/mol. The van der Waals surface area contributed by atoms with Gasteiger partial charge >= 0.3 is 0 Å². The molecule has 25 rings (SSSR count). The summed E-state index contributed by atoms with van der Waals surface area (Å²) in [5.41, 5.74) is 21.5. The quantitative estimate of drug-likeness (QED) is 0.125. The SMILES string of the molecule is c1ccc(-c2nc(-c3ccccc3)nc(-n3c4ccccc4c4cc(-c5ccc6c7c5ccc5cccc(c57)n6-c5ccc6ccccc6c5)ccc43)n2)cc1.c1ccc(-c2nc(-c3ccccc3)nc(-n3c4ccccc4c4cc(-c5ccc6c7c5ccc5cccc(c57)n6-c5ccc6oc7ccccc7c6c5)ccc43)n2)cc1. The molecule has 0 aliphatic rings. The lowest BCUT2D eigenvalue weighted by atomic mass is 9.94. The zero-order chi connectivity index (χ0) is 75.3. The maximum atomic E-state index is 6.21. The summed E-state index contributed by atoms with van der Waals surface area (Å²) < 4.78 is 15.4. The average molecular weight is 1470 g/mol. The summed E-state index contributed by atoms with van der Waals surface area (Å²) in [6, 6.07) is 133. The van der Waals surface area contributed by atoms with Crippen LogP contribution in [0.15, 0.2) is 381 Å². The zero-order valence-electron chi connectivity index (χ0n) is 61.7. The number of hydrogen-bond acceptors (Lipinski definition) is 7. The second-order valence-corrected chi connectivity index (χ2v) is 29.7. The van der Waals surface area contributed by atoms with Crippen LogP contribution in [0.3, 0.4) is 0 Å². The number of rotatable bonds is 10. The molecule has 0 bridgehead atoms. The van der Waals surface area contributed by atoms with Gasteiger partial charge in [-0.1, -0.05) is 279 Å². The van der Waals surface area contributed by atoms with Gasteiger partial charge in [0.05, 0.1) is 44.1 Å². The van der Waals surface area contributed by atoms with Crippen LogP contribution in [0.5, 0.6) is 0 Å². The lowest BCUT2D eigenvalue weighted by molar-refractivity contribution is 0.669. The van der Waals surface area contributed by atoms with E-state index in [0.717, 1.165) is 99.1 Å². The molecule has 11 nitrogen and oxygen atoms in total. The number of aromatic nitrogens is 10. The molecule has 7 aromatic heterocycles. The first-order valence-corrected chi connectivity index (χ1v) is 38.8. The number of hydrogen-bond donors (Lipinski definition) is 0. The molecule has 115 heavy (non-hydrogen) atoms. The Labute approximate surface area is 657 Å². The third-order valence-corrected chi connectivity index (χ3v) is 23.3. The molecule has 25 aromatic rings. The summed E-state index contributed by atoms with van der Waals surface area (Å²) in [6.07, 6.45) is 0. The van der Waals surface area contributed by atoms with Crippen LogP contribution in [-0.2, 0) is 0 Å². The van der Waals surface area contributed by atoms with Crippen molar-refractivity contribution in [3.05, 3.63) is 376 Å². The fourth-order valence-electron chi connectivity index (χ4n) is 18.1. The van der Waals surface area contributed by atoms with E-state index >= 15 is 0 Å². The predicted octanol–water partition coefficient (Wildman–Crippen LogP) is 26.4. The molecule has 0 unspecified atom stereocenters. The summed E-state index contributed by atoms with van der Waals surface area (Å²) in [5.74, 6) is 3.71. The van der Waals surface area contributed by atoms with E-state index in [1.165, 1.54) is 98.3 Å². The number of para-hydroxylation sites is 3. The van der Waals surface area contributed by atoms with Crippen LogP contribution in [0.25, 0.3) is 233 Å². The predicted molar refractivity (Wildman–Crippen MR) is 472 cm³/mol. The summed E-state index contributed by atoms with van der Waals surface area (Å²) in [5, 5.41) is 19.4. The van der Waals surface area contributed by atoms with Gasteiger partial charge in [-0.2, -0.15) is 19.9 Å². The Kier molecular flexibility index (Phi) is 14.2. The standard InChI is InChI=1S/C53H31N5O.C51H31N5/c1-3-12-33(13-4-1)51-54-52(34-14-5-2-6-15-34)56-53(55-51)58-43-19-9-7-17-38(43)41-30-35(23-27-44(41)58)37-26-28-46-50-40(37)25-22-32-16-11-20-45(49(32)50)57(46)36-24-29-48-42(31-36)39-18-8-10-21-47(39)59-48;1-3-13-34(14-4-1)49-52-50(35-15-5-2-6-16-35)54-51(53-49)56-43-20-10-9-19-40(43)42-31-37(24-28-44(42)56)39-27-29-46-48-41(39)26-23-33-18-11-21-45(47(33)48)55(46)38-25-22-32-12-7-8-17-36(32)30-38/h1-31H;1-31H. The van der Waals surface area contributed by atoms with Gasteiger partial charge in [0, 0.05) is 87.5 Å². The minimum Gasteiger partial charge on any atom is -0.456 e. The molecule has 0 atom stereocenters. The first kappa shape index (κ1) is 64.1. The monoisotopic (exact) mass is 1470 g/mol. The summed E-state index contributed by atoms with van der Waals surface area (Å²) in [6.45, 7) is 0. The second-order valence-electron chi connectivity index (χ2n) is 29.7. The normalized spacial score (nSPS) is 12.0. The van der Waals surface area contributed by atoms with E-state index in [1.807, 2.05) is 133 Å². The Balaban J connectivity index is 0.000000133. The fraction of sp³-hybridized carbons (Fsp3) is 0. The molecule has 0 saturated heterocycles. The van der Waals surface area contributed by atoms with Gasteiger partial charge in [0.2, 0.25) is 11.9 Å². The average Bonchev–Trinajstić information content (AvgIpc) is 1.56. The van der Waals surface area contributed by atoms with Crippen molar-refractivity contribution in [1.29, 1.82) is 0 Å². The van der Waals surface area contributed by atoms with Crippen molar-refractivity contribution in [3.8, 4) is 91.1 Å². The van der Waals surface area contributed by atoms with Crippen molar-refractivity contribution in [1.82, 2.24) is 48.2 Å². The zero-order valence-corrected chi connectivity index (χ0v) is 61.7. The molecule has 11 heteroatoms. The van der Waals surface area contributed by atoms with Crippen LogP contribution in [0.1, 0.15) is 0 Å². The Morgan fingerprint density at radius 1 is 0.183 bits per heavy atom. The first-order chi connectivity index (χ1) is 57.0. The lowest BCUT2D eigenvalue weighted by Crippen LogP contribution is -2.06. The highest BCUT2D eigenvalue weighted by atomic mass is 16.3. The van der Waals surface area contributed by atoms with Crippen molar-refractivity contribution in [3.63, 3.8) is 0 Å². The molecular formula is C104H62N10O. The third kappa shape index (κ3) is 10.1. The second kappa shape index (κ2) is 25.4. The number of nitrogens with zero attached hydrogens (tertiary/aromatic N) is 10. The number of benzene rings is 18. The van der Waals surface area contributed by atoms with Crippen LogP contribution in [0.2, 0.25) is 0 Å². The Bertz CT molecular complexity index is 8110. The van der Waals surface area contributed by atoms with E-state index in [-0.39, 0.29) is 0 Å². The van der Waals surface area contributed by atoms with Gasteiger partial charge in [-0.15, -0.1) is 0 Å². The molecule has 18 aromatic carbocycles.